The second-order valence-electron chi connectivity index (χ2n) is 4.76. The van der Waals surface area contributed by atoms with Crippen LogP contribution in [0.3, 0.4) is 0 Å². The van der Waals surface area contributed by atoms with E-state index in [4.69, 9.17) is 16.3 Å². The van der Waals surface area contributed by atoms with Gasteiger partial charge in [0.2, 0.25) is 0 Å². The summed E-state index contributed by atoms with van der Waals surface area (Å²) in [6.45, 7) is 4.52. The molecule has 2 nitrogen and oxygen atoms in total. The Hall–Kier alpha value is -0.640. The molecule has 0 aliphatic carbocycles. The molecule has 0 aromatic heterocycles. The number of hydrogen-bond acceptors (Lipinski definition) is 2. The number of benzene rings is 1. The molecular weight excluding hydrogens is 265 g/mol. The summed E-state index contributed by atoms with van der Waals surface area (Å²) in [6, 6.07) is 4.87. The van der Waals surface area contributed by atoms with Gasteiger partial charge < -0.3 is 10.1 Å². The van der Waals surface area contributed by atoms with Gasteiger partial charge in [0.15, 0.2) is 0 Å². The Kier molecular flexibility index (Phi) is 8.03. The van der Waals surface area contributed by atoms with Gasteiger partial charge in [-0.2, -0.15) is 0 Å². The molecule has 0 spiro atoms. The summed E-state index contributed by atoms with van der Waals surface area (Å²) in [5.41, 5.74) is 0.635. The summed E-state index contributed by atoms with van der Waals surface area (Å²) in [7, 11) is 1.68. The minimum atomic E-state index is -0.203. The van der Waals surface area contributed by atoms with Crippen molar-refractivity contribution in [3.63, 3.8) is 0 Å². The van der Waals surface area contributed by atoms with Crippen LogP contribution in [0.4, 0.5) is 4.39 Å². The van der Waals surface area contributed by atoms with Crippen LogP contribution in [0.1, 0.15) is 25.3 Å². The van der Waals surface area contributed by atoms with Gasteiger partial charge in [0.05, 0.1) is 6.61 Å². The molecule has 0 aliphatic heterocycles. The molecule has 1 N–H and O–H groups in total. The van der Waals surface area contributed by atoms with E-state index in [0.717, 1.165) is 25.9 Å². The quantitative estimate of drug-likeness (QED) is 0.700. The molecule has 0 amide bonds. The first-order chi connectivity index (χ1) is 9.19. The van der Waals surface area contributed by atoms with Crippen molar-refractivity contribution in [1.29, 1.82) is 0 Å². The summed E-state index contributed by atoms with van der Waals surface area (Å²) >= 11 is 6.08. The van der Waals surface area contributed by atoms with E-state index in [-0.39, 0.29) is 5.82 Å². The Labute approximate surface area is 120 Å². The molecule has 4 heteroatoms. The van der Waals surface area contributed by atoms with E-state index in [1.54, 1.807) is 19.2 Å². The minimum absolute atomic E-state index is 0.203. The van der Waals surface area contributed by atoms with Crippen LogP contribution in [-0.4, -0.2) is 26.8 Å². The first kappa shape index (κ1) is 16.4. The van der Waals surface area contributed by atoms with Gasteiger partial charge in [0.25, 0.3) is 0 Å². The molecule has 0 bridgehead atoms. The molecule has 1 aromatic rings. The Morgan fingerprint density at radius 3 is 2.84 bits per heavy atom. The highest BCUT2D eigenvalue weighted by atomic mass is 35.5. The third kappa shape index (κ3) is 5.89. The first-order valence-electron chi connectivity index (χ1n) is 6.81. The van der Waals surface area contributed by atoms with Crippen LogP contribution in [0.25, 0.3) is 0 Å². The van der Waals surface area contributed by atoms with Crippen molar-refractivity contribution in [3.8, 4) is 0 Å². The van der Waals surface area contributed by atoms with E-state index in [0.29, 0.717) is 29.5 Å². The van der Waals surface area contributed by atoms with E-state index >= 15 is 0 Å². The maximum absolute atomic E-state index is 13.8. The number of ether oxygens (including phenoxy) is 1. The highest BCUT2D eigenvalue weighted by Gasteiger charge is 2.14. The van der Waals surface area contributed by atoms with Crippen molar-refractivity contribution in [3.05, 3.63) is 34.6 Å². The summed E-state index contributed by atoms with van der Waals surface area (Å²) < 4.78 is 18.8. The lowest BCUT2D eigenvalue weighted by molar-refractivity contribution is 0.197. The zero-order valence-corrected chi connectivity index (χ0v) is 12.5. The van der Waals surface area contributed by atoms with Crippen molar-refractivity contribution in [1.82, 2.24) is 5.32 Å². The lowest BCUT2D eigenvalue weighted by atomic mass is 9.94. The maximum atomic E-state index is 13.8. The van der Waals surface area contributed by atoms with Crippen LogP contribution >= 0.6 is 11.6 Å². The highest BCUT2D eigenvalue weighted by molar-refractivity contribution is 6.31. The number of hydrogen-bond donors (Lipinski definition) is 1. The molecule has 0 fully saturated rings. The predicted molar refractivity (Wildman–Crippen MR) is 78.3 cm³/mol. The van der Waals surface area contributed by atoms with Gasteiger partial charge >= 0.3 is 0 Å². The van der Waals surface area contributed by atoms with Crippen LogP contribution in [-0.2, 0) is 11.2 Å². The zero-order valence-electron chi connectivity index (χ0n) is 11.7. The topological polar surface area (TPSA) is 21.3 Å². The van der Waals surface area contributed by atoms with E-state index in [1.807, 2.05) is 0 Å². The average Bonchev–Trinajstić information content (AvgIpc) is 2.39. The second-order valence-corrected chi connectivity index (χ2v) is 5.16. The maximum Gasteiger partial charge on any atom is 0.127 e. The SMILES string of the molecule is CCCC(CNCCOC)Cc1c(F)cccc1Cl. The van der Waals surface area contributed by atoms with Gasteiger partial charge in [-0.25, -0.2) is 4.39 Å². The third-order valence-corrected chi connectivity index (χ3v) is 3.52. The smallest absolute Gasteiger partial charge is 0.127 e. The van der Waals surface area contributed by atoms with Crippen LogP contribution in [0, 0.1) is 11.7 Å². The Balaban J connectivity index is 2.57. The summed E-state index contributed by atoms with van der Waals surface area (Å²) in [4.78, 5) is 0. The van der Waals surface area contributed by atoms with Crippen molar-refractivity contribution < 1.29 is 9.13 Å². The Bertz CT molecular complexity index is 353. The summed E-state index contributed by atoms with van der Waals surface area (Å²) in [5.74, 6) is 0.196. The van der Waals surface area contributed by atoms with Gasteiger partial charge in [-0.3, -0.25) is 0 Å². The van der Waals surface area contributed by atoms with Crippen molar-refractivity contribution in [2.24, 2.45) is 5.92 Å². The lowest BCUT2D eigenvalue weighted by Gasteiger charge is -2.18. The fourth-order valence-electron chi connectivity index (χ4n) is 2.18. The fourth-order valence-corrected chi connectivity index (χ4v) is 2.42. The van der Waals surface area contributed by atoms with Gasteiger partial charge in [-0.15, -0.1) is 0 Å². The van der Waals surface area contributed by atoms with E-state index < -0.39 is 0 Å². The third-order valence-electron chi connectivity index (χ3n) is 3.17. The normalized spacial score (nSPS) is 12.6. The van der Waals surface area contributed by atoms with Crippen molar-refractivity contribution in [2.45, 2.75) is 26.2 Å². The molecule has 1 rings (SSSR count). The molecule has 0 saturated heterocycles. The van der Waals surface area contributed by atoms with Crippen LogP contribution in [0.15, 0.2) is 18.2 Å². The number of nitrogens with one attached hydrogen (secondary N) is 1. The standard InChI is InChI=1S/C15H23ClFNO/c1-3-5-12(11-18-8-9-19-2)10-13-14(16)6-4-7-15(13)17/h4,6-7,12,18H,3,5,8-11H2,1-2H3. The van der Waals surface area contributed by atoms with Gasteiger partial charge in [0, 0.05) is 24.2 Å². The first-order valence-corrected chi connectivity index (χ1v) is 7.19. The second kappa shape index (κ2) is 9.29. The van der Waals surface area contributed by atoms with Gasteiger partial charge in [-0.05, 0) is 37.4 Å². The van der Waals surface area contributed by atoms with E-state index in [2.05, 4.69) is 12.2 Å². The largest absolute Gasteiger partial charge is 0.383 e. The number of methoxy groups -OCH3 is 1. The fraction of sp³-hybridized carbons (Fsp3) is 0.600. The molecule has 1 atom stereocenters. The molecule has 0 aliphatic rings. The van der Waals surface area contributed by atoms with Crippen LogP contribution < -0.4 is 5.32 Å². The lowest BCUT2D eigenvalue weighted by Crippen LogP contribution is -2.27. The van der Waals surface area contributed by atoms with E-state index in [1.165, 1.54) is 6.07 Å². The van der Waals surface area contributed by atoms with E-state index in [9.17, 15) is 4.39 Å². The van der Waals surface area contributed by atoms with Crippen LogP contribution in [0.5, 0.6) is 0 Å². The highest BCUT2D eigenvalue weighted by Crippen LogP contribution is 2.23. The monoisotopic (exact) mass is 287 g/mol. The molecule has 0 saturated carbocycles. The van der Waals surface area contributed by atoms with Gasteiger partial charge in [0.1, 0.15) is 5.82 Å². The molecular formula is C15H23ClFNO. The molecule has 1 unspecified atom stereocenters. The van der Waals surface area contributed by atoms with Crippen LogP contribution in [0.2, 0.25) is 5.02 Å². The average molecular weight is 288 g/mol. The number of halogens is 2. The number of rotatable bonds is 9. The minimum Gasteiger partial charge on any atom is -0.383 e. The van der Waals surface area contributed by atoms with Gasteiger partial charge in [-0.1, -0.05) is 31.0 Å². The molecule has 0 heterocycles. The van der Waals surface area contributed by atoms with Crippen molar-refractivity contribution in [2.75, 3.05) is 26.8 Å². The molecule has 1 aromatic carbocycles. The Morgan fingerprint density at radius 1 is 1.42 bits per heavy atom. The summed E-state index contributed by atoms with van der Waals surface area (Å²) in [5, 5.41) is 3.87. The zero-order chi connectivity index (χ0) is 14.1. The predicted octanol–water partition coefficient (Wildman–Crippen LogP) is 3.67. The molecule has 108 valence electrons. The van der Waals surface area contributed by atoms with Crippen molar-refractivity contribution >= 4 is 11.6 Å². The molecule has 19 heavy (non-hydrogen) atoms. The Morgan fingerprint density at radius 2 is 2.21 bits per heavy atom. The summed E-state index contributed by atoms with van der Waals surface area (Å²) in [6.07, 6.45) is 2.83. The molecule has 0 radical (unpaired) electrons.